The second-order valence-electron chi connectivity index (χ2n) is 3.81. The van der Waals surface area contributed by atoms with Crippen LogP contribution in [0.1, 0.15) is 20.3 Å². The predicted molar refractivity (Wildman–Crippen MR) is 59.0 cm³/mol. The van der Waals surface area contributed by atoms with Gasteiger partial charge in [0.05, 0.1) is 0 Å². The number of nitrogens with two attached hydrogens (primary N) is 1. The lowest BCUT2D eigenvalue weighted by molar-refractivity contribution is 0.158. The number of urea groups is 1. The molecule has 0 aliphatic heterocycles. The molecule has 0 aliphatic carbocycles. The first-order valence-corrected chi connectivity index (χ1v) is 4.84. The fourth-order valence-corrected chi connectivity index (χ4v) is 1.12. The summed E-state index contributed by atoms with van der Waals surface area (Å²) >= 11 is 0. The van der Waals surface area contributed by atoms with Gasteiger partial charge in [0.1, 0.15) is 5.84 Å². The Bertz CT molecular complexity index is 238. The van der Waals surface area contributed by atoms with Crippen LogP contribution in [0.4, 0.5) is 4.79 Å². The number of nitrogens with zero attached hydrogens (tertiary/aromatic N) is 3. The van der Waals surface area contributed by atoms with E-state index in [1.165, 1.54) is 4.90 Å². The topological polar surface area (TPSA) is 82.2 Å². The van der Waals surface area contributed by atoms with Crippen molar-refractivity contribution in [3.63, 3.8) is 0 Å². The minimum atomic E-state index is -0.0734. The van der Waals surface area contributed by atoms with Crippen LogP contribution in [0.5, 0.6) is 0 Å². The fourth-order valence-electron chi connectivity index (χ4n) is 1.12. The maximum Gasteiger partial charge on any atom is 0.319 e. The van der Waals surface area contributed by atoms with Crippen molar-refractivity contribution in [1.82, 2.24) is 9.80 Å². The summed E-state index contributed by atoms with van der Waals surface area (Å²) in [7, 11) is 3.39. The highest BCUT2D eigenvalue weighted by atomic mass is 16.4. The molecule has 6 heteroatoms. The van der Waals surface area contributed by atoms with Gasteiger partial charge in [-0.1, -0.05) is 5.16 Å². The van der Waals surface area contributed by atoms with Gasteiger partial charge in [-0.05, 0) is 13.8 Å². The van der Waals surface area contributed by atoms with Gasteiger partial charge in [0, 0.05) is 33.1 Å². The van der Waals surface area contributed by atoms with Crippen molar-refractivity contribution < 1.29 is 10.0 Å². The minimum Gasteiger partial charge on any atom is -0.409 e. The summed E-state index contributed by atoms with van der Waals surface area (Å²) < 4.78 is 0. The predicted octanol–water partition coefficient (Wildman–Crippen LogP) is 0.515. The van der Waals surface area contributed by atoms with Crippen LogP contribution in [0.15, 0.2) is 5.16 Å². The third-order valence-corrected chi connectivity index (χ3v) is 1.99. The number of oxime groups is 1. The summed E-state index contributed by atoms with van der Waals surface area (Å²) in [5.41, 5.74) is 5.35. The van der Waals surface area contributed by atoms with Crippen LogP contribution in [-0.2, 0) is 0 Å². The molecule has 0 aromatic heterocycles. The van der Waals surface area contributed by atoms with Crippen molar-refractivity contribution in [3.05, 3.63) is 0 Å². The van der Waals surface area contributed by atoms with Gasteiger partial charge in [-0.3, -0.25) is 0 Å². The molecule has 0 unspecified atom stereocenters. The molecular formula is C9H20N4O2. The van der Waals surface area contributed by atoms with Gasteiger partial charge in [0.25, 0.3) is 0 Å². The van der Waals surface area contributed by atoms with Crippen molar-refractivity contribution in [3.8, 4) is 0 Å². The highest BCUT2D eigenvalue weighted by Crippen LogP contribution is 2.03. The molecular weight excluding hydrogens is 196 g/mol. The largest absolute Gasteiger partial charge is 0.409 e. The third-order valence-electron chi connectivity index (χ3n) is 1.99. The molecule has 0 bridgehead atoms. The van der Waals surface area contributed by atoms with E-state index in [1.807, 2.05) is 13.8 Å². The van der Waals surface area contributed by atoms with E-state index < -0.39 is 0 Å². The fraction of sp³-hybridized carbons (Fsp3) is 0.778. The second kappa shape index (κ2) is 6.10. The minimum absolute atomic E-state index is 0.0734. The Morgan fingerprint density at radius 1 is 1.47 bits per heavy atom. The maximum atomic E-state index is 11.7. The molecule has 0 fully saturated rings. The Morgan fingerprint density at radius 3 is 2.33 bits per heavy atom. The van der Waals surface area contributed by atoms with Gasteiger partial charge in [0.15, 0.2) is 0 Å². The van der Waals surface area contributed by atoms with E-state index in [4.69, 9.17) is 10.9 Å². The molecule has 0 saturated heterocycles. The van der Waals surface area contributed by atoms with Crippen molar-refractivity contribution in [2.24, 2.45) is 10.9 Å². The average molecular weight is 216 g/mol. The zero-order valence-electron chi connectivity index (χ0n) is 9.77. The highest BCUT2D eigenvalue weighted by Gasteiger charge is 2.18. The van der Waals surface area contributed by atoms with Crippen LogP contribution < -0.4 is 5.73 Å². The molecule has 0 saturated carbocycles. The van der Waals surface area contributed by atoms with Gasteiger partial charge >= 0.3 is 6.03 Å². The van der Waals surface area contributed by atoms with E-state index in [0.29, 0.717) is 13.0 Å². The summed E-state index contributed by atoms with van der Waals surface area (Å²) in [5.74, 6) is 0.132. The number of hydrogen-bond donors (Lipinski definition) is 2. The van der Waals surface area contributed by atoms with E-state index in [1.54, 1.807) is 19.0 Å². The van der Waals surface area contributed by atoms with E-state index in [-0.39, 0.29) is 17.9 Å². The Kier molecular flexibility index (Phi) is 5.51. The van der Waals surface area contributed by atoms with Gasteiger partial charge in [0.2, 0.25) is 0 Å². The molecule has 6 nitrogen and oxygen atoms in total. The number of amides is 2. The standard InChI is InChI=1S/C9H20N4O2/c1-7(2)13(9(14)12(3)4)6-5-8(10)11-15/h7,15H,5-6H2,1-4H3,(H2,10,11). The second-order valence-corrected chi connectivity index (χ2v) is 3.81. The lowest BCUT2D eigenvalue weighted by Gasteiger charge is -2.29. The lowest BCUT2D eigenvalue weighted by Crippen LogP contribution is -2.44. The van der Waals surface area contributed by atoms with Gasteiger partial charge < -0.3 is 20.7 Å². The molecule has 0 aliphatic rings. The summed E-state index contributed by atoms with van der Waals surface area (Å²) in [5, 5.41) is 11.2. The zero-order chi connectivity index (χ0) is 12.0. The first-order chi connectivity index (χ1) is 6.90. The average Bonchev–Trinajstić information content (AvgIpc) is 2.16. The van der Waals surface area contributed by atoms with Crippen LogP contribution >= 0.6 is 0 Å². The maximum absolute atomic E-state index is 11.7. The Balaban J connectivity index is 4.36. The van der Waals surface area contributed by atoms with Crippen LogP contribution in [0.3, 0.4) is 0 Å². The highest BCUT2D eigenvalue weighted by molar-refractivity contribution is 5.81. The lowest BCUT2D eigenvalue weighted by atomic mass is 10.3. The molecule has 2 amide bonds. The molecule has 0 rings (SSSR count). The first-order valence-electron chi connectivity index (χ1n) is 4.84. The monoisotopic (exact) mass is 216 g/mol. The normalized spacial score (nSPS) is 11.7. The Labute approximate surface area is 90.3 Å². The number of carbonyl (C=O) groups excluding carboxylic acids is 1. The number of rotatable bonds is 4. The molecule has 0 radical (unpaired) electrons. The number of carbonyl (C=O) groups is 1. The zero-order valence-corrected chi connectivity index (χ0v) is 9.77. The van der Waals surface area contributed by atoms with Gasteiger partial charge in [-0.15, -0.1) is 0 Å². The van der Waals surface area contributed by atoms with Crippen LogP contribution in [0, 0.1) is 0 Å². The van der Waals surface area contributed by atoms with E-state index in [2.05, 4.69) is 5.16 Å². The summed E-state index contributed by atoms with van der Waals surface area (Å²) in [6.07, 6.45) is 0.369. The first kappa shape index (κ1) is 13.5. The SMILES string of the molecule is CC(C)N(CCC(N)=NO)C(=O)N(C)C. The summed E-state index contributed by atoms with van der Waals surface area (Å²) in [6.45, 7) is 4.30. The summed E-state index contributed by atoms with van der Waals surface area (Å²) in [6, 6.07) is 0.0159. The van der Waals surface area contributed by atoms with Crippen LogP contribution in [-0.4, -0.2) is 53.6 Å². The van der Waals surface area contributed by atoms with E-state index in [9.17, 15) is 4.79 Å². The van der Waals surface area contributed by atoms with Crippen molar-refractivity contribution in [2.45, 2.75) is 26.3 Å². The number of hydrogen-bond acceptors (Lipinski definition) is 3. The molecule has 0 heterocycles. The van der Waals surface area contributed by atoms with Crippen molar-refractivity contribution in [1.29, 1.82) is 0 Å². The molecule has 0 aromatic rings. The Hall–Kier alpha value is -1.46. The molecule has 0 aromatic carbocycles. The molecule has 15 heavy (non-hydrogen) atoms. The van der Waals surface area contributed by atoms with Crippen LogP contribution in [0.2, 0.25) is 0 Å². The van der Waals surface area contributed by atoms with Gasteiger partial charge in [-0.2, -0.15) is 0 Å². The van der Waals surface area contributed by atoms with E-state index >= 15 is 0 Å². The van der Waals surface area contributed by atoms with E-state index in [0.717, 1.165) is 0 Å². The Morgan fingerprint density at radius 2 is 2.00 bits per heavy atom. The quantitative estimate of drug-likeness (QED) is 0.311. The van der Waals surface area contributed by atoms with Crippen LogP contribution in [0.25, 0.3) is 0 Å². The molecule has 0 atom stereocenters. The summed E-state index contributed by atoms with van der Waals surface area (Å²) in [4.78, 5) is 14.9. The number of amidine groups is 1. The molecule has 88 valence electrons. The van der Waals surface area contributed by atoms with Crippen molar-refractivity contribution >= 4 is 11.9 Å². The third kappa shape index (κ3) is 4.53. The smallest absolute Gasteiger partial charge is 0.319 e. The van der Waals surface area contributed by atoms with Gasteiger partial charge in [-0.25, -0.2) is 4.79 Å². The van der Waals surface area contributed by atoms with Crippen molar-refractivity contribution in [2.75, 3.05) is 20.6 Å². The molecule has 3 N–H and O–H groups in total. The molecule has 0 spiro atoms.